The van der Waals surface area contributed by atoms with Gasteiger partial charge in [-0.25, -0.2) is 9.78 Å². The molecule has 2 rings (SSSR count). The normalized spacial score (nSPS) is 11.9. The van der Waals surface area contributed by atoms with Crippen LogP contribution in [0.4, 0.5) is 0 Å². The Kier molecular flexibility index (Phi) is 2.63. The molecular formula is C12H14N2O3. The number of carboxylic acids is 1. The maximum absolute atomic E-state index is 11.0. The van der Waals surface area contributed by atoms with E-state index in [0.29, 0.717) is 16.9 Å². The lowest BCUT2D eigenvalue weighted by molar-refractivity contribution is 0.0699. The summed E-state index contributed by atoms with van der Waals surface area (Å²) in [6, 6.07) is 4.95. The van der Waals surface area contributed by atoms with Gasteiger partial charge in [-0.2, -0.15) is 0 Å². The van der Waals surface area contributed by atoms with Gasteiger partial charge < -0.3 is 15.2 Å². The fraction of sp³-hybridized carbons (Fsp3) is 0.333. The van der Waals surface area contributed by atoms with Gasteiger partial charge in [0.05, 0.1) is 17.7 Å². The van der Waals surface area contributed by atoms with Crippen LogP contribution < -0.4 is 0 Å². The molecule has 0 spiro atoms. The first kappa shape index (κ1) is 11.6. The molecule has 0 unspecified atom stereocenters. The van der Waals surface area contributed by atoms with E-state index < -0.39 is 11.4 Å². The van der Waals surface area contributed by atoms with Gasteiger partial charge in [0.25, 0.3) is 0 Å². The van der Waals surface area contributed by atoms with E-state index in [0.717, 1.165) is 0 Å². The molecule has 0 bridgehead atoms. The molecule has 90 valence electrons. The number of aromatic carboxylic acids is 1. The Morgan fingerprint density at radius 2 is 2.18 bits per heavy atom. The number of rotatable bonds is 3. The summed E-state index contributed by atoms with van der Waals surface area (Å²) in [5.41, 5.74) is 0.742. The van der Waals surface area contributed by atoms with E-state index in [2.05, 4.69) is 9.97 Å². The van der Waals surface area contributed by atoms with E-state index in [1.54, 1.807) is 12.1 Å². The van der Waals surface area contributed by atoms with Crippen LogP contribution in [0.3, 0.4) is 0 Å². The van der Waals surface area contributed by atoms with Crippen LogP contribution in [0.2, 0.25) is 0 Å². The number of H-pyrrole nitrogens is 1. The predicted octanol–water partition coefficient (Wildman–Crippen LogP) is 1.53. The summed E-state index contributed by atoms with van der Waals surface area (Å²) in [4.78, 5) is 18.4. The van der Waals surface area contributed by atoms with Crippen LogP contribution in [-0.4, -0.2) is 32.8 Å². The maximum atomic E-state index is 11.0. The van der Waals surface area contributed by atoms with Crippen molar-refractivity contribution >= 4 is 17.0 Å². The third-order valence-electron chi connectivity index (χ3n) is 2.78. The summed E-state index contributed by atoms with van der Waals surface area (Å²) in [6.45, 7) is 3.62. The zero-order chi connectivity index (χ0) is 12.6. The van der Waals surface area contributed by atoms with E-state index in [4.69, 9.17) is 5.11 Å². The fourth-order valence-corrected chi connectivity index (χ4v) is 1.60. The first-order valence-electron chi connectivity index (χ1n) is 5.29. The molecular weight excluding hydrogens is 220 g/mol. The van der Waals surface area contributed by atoms with Crippen molar-refractivity contribution in [3.05, 3.63) is 29.6 Å². The second kappa shape index (κ2) is 3.85. The number of hydrogen-bond acceptors (Lipinski definition) is 3. The molecule has 0 fully saturated rings. The summed E-state index contributed by atoms with van der Waals surface area (Å²) >= 11 is 0. The van der Waals surface area contributed by atoms with Crippen LogP contribution in [0.15, 0.2) is 18.2 Å². The molecule has 5 heteroatoms. The van der Waals surface area contributed by atoms with E-state index in [-0.39, 0.29) is 12.2 Å². The Bertz CT molecular complexity index is 572. The minimum Gasteiger partial charge on any atom is -0.478 e. The third-order valence-corrected chi connectivity index (χ3v) is 2.78. The summed E-state index contributed by atoms with van der Waals surface area (Å²) in [5.74, 6) is -0.417. The van der Waals surface area contributed by atoms with E-state index in [1.807, 2.05) is 13.8 Å². The van der Waals surface area contributed by atoms with Crippen molar-refractivity contribution in [2.45, 2.75) is 19.3 Å². The smallest absolute Gasteiger partial charge is 0.337 e. The number of benzene rings is 1. The number of carbonyl (C=O) groups is 1. The van der Waals surface area contributed by atoms with Gasteiger partial charge >= 0.3 is 5.97 Å². The SMILES string of the molecule is CC(C)(CO)c1nc2c(C(=O)O)cccc2[nH]1. The van der Waals surface area contributed by atoms with Gasteiger partial charge in [0.15, 0.2) is 0 Å². The number of aliphatic hydroxyl groups excluding tert-OH is 1. The Morgan fingerprint density at radius 3 is 2.76 bits per heavy atom. The highest BCUT2D eigenvalue weighted by Crippen LogP contribution is 2.24. The minimum atomic E-state index is -1.00. The minimum absolute atomic E-state index is 0.0603. The van der Waals surface area contributed by atoms with Crippen molar-refractivity contribution in [2.75, 3.05) is 6.61 Å². The van der Waals surface area contributed by atoms with Crippen molar-refractivity contribution in [1.29, 1.82) is 0 Å². The third kappa shape index (κ3) is 1.89. The second-order valence-corrected chi connectivity index (χ2v) is 4.63. The Balaban J connectivity index is 2.66. The van der Waals surface area contributed by atoms with Gasteiger partial charge in [0.2, 0.25) is 0 Å². The number of aromatic amines is 1. The number of carboxylic acid groups (broad SMARTS) is 1. The van der Waals surface area contributed by atoms with Crippen molar-refractivity contribution in [3.63, 3.8) is 0 Å². The average molecular weight is 234 g/mol. The first-order valence-corrected chi connectivity index (χ1v) is 5.29. The zero-order valence-electron chi connectivity index (χ0n) is 9.69. The topological polar surface area (TPSA) is 86.2 Å². The quantitative estimate of drug-likeness (QED) is 0.751. The first-order chi connectivity index (χ1) is 7.95. The maximum Gasteiger partial charge on any atom is 0.337 e. The molecule has 0 radical (unpaired) electrons. The number of nitrogens with zero attached hydrogens (tertiary/aromatic N) is 1. The summed E-state index contributed by atoms with van der Waals surface area (Å²) in [5, 5.41) is 18.3. The van der Waals surface area contributed by atoms with Crippen LogP contribution in [0, 0.1) is 0 Å². The molecule has 0 aliphatic rings. The average Bonchev–Trinajstić information content (AvgIpc) is 2.72. The van der Waals surface area contributed by atoms with Gasteiger partial charge in [-0.05, 0) is 12.1 Å². The number of imidazole rings is 1. The van der Waals surface area contributed by atoms with Gasteiger partial charge in [-0.3, -0.25) is 0 Å². The van der Waals surface area contributed by atoms with Crippen molar-refractivity contribution in [2.24, 2.45) is 0 Å². The zero-order valence-corrected chi connectivity index (χ0v) is 9.69. The molecule has 0 aliphatic heterocycles. The van der Waals surface area contributed by atoms with Crippen molar-refractivity contribution in [1.82, 2.24) is 9.97 Å². The molecule has 1 aromatic carbocycles. The lowest BCUT2D eigenvalue weighted by atomic mass is 9.94. The highest BCUT2D eigenvalue weighted by atomic mass is 16.4. The fourth-order valence-electron chi connectivity index (χ4n) is 1.60. The van der Waals surface area contributed by atoms with Crippen LogP contribution in [0.5, 0.6) is 0 Å². The highest BCUT2D eigenvalue weighted by Gasteiger charge is 2.24. The van der Waals surface area contributed by atoms with Crippen molar-refractivity contribution in [3.8, 4) is 0 Å². The van der Waals surface area contributed by atoms with Gasteiger partial charge in [0.1, 0.15) is 11.3 Å². The summed E-state index contributed by atoms with van der Waals surface area (Å²) in [6.07, 6.45) is 0. The molecule has 1 aromatic heterocycles. The lowest BCUT2D eigenvalue weighted by Crippen LogP contribution is -2.23. The number of nitrogens with one attached hydrogen (secondary N) is 1. The molecule has 3 N–H and O–H groups in total. The highest BCUT2D eigenvalue weighted by molar-refractivity contribution is 6.00. The Labute approximate surface area is 98.1 Å². The molecule has 17 heavy (non-hydrogen) atoms. The van der Waals surface area contributed by atoms with Crippen molar-refractivity contribution < 1.29 is 15.0 Å². The van der Waals surface area contributed by atoms with Crippen LogP contribution in [0.1, 0.15) is 30.0 Å². The standard InChI is InChI=1S/C12H14N2O3/c1-12(2,6-15)11-13-8-5-3-4-7(10(16)17)9(8)14-11/h3-5,15H,6H2,1-2H3,(H,13,14)(H,16,17). The lowest BCUT2D eigenvalue weighted by Gasteiger charge is -2.17. The monoisotopic (exact) mass is 234 g/mol. The number of fused-ring (bicyclic) bond motifs is 1. The van der Waals surface area contributed by atoms with Gasteiger partial charge in [0, 0.05) is 5.41 Å². The number of aliphatic hydroxyl groups is 1. The van der Waals surface area contributed by atoms with E-state index >= 15 is 0 Å². The number of aromatic nitrogens is 2. The molecule has 1 heterocycles. The summed E-state index contributed by atoms with van der Waals surface area (Å²) < 4.78 is 0. The van der Waals surface area contributed by atoms with Crippen LogP contribution >= 0.6 is 0 Å². The molecule has 0 saturated heterocycles. The molecule has 0 atom stereocenters. The largest absolute Gasteiger partial charge is 0.478 e. The van der Waals surface area contributed by atoms with Gasteiger partial charge in [-0.15, -0.1) is 0 Å². The van der Waals surface area contributed by atoms with E-state index in [9.17, 15) is 9.90 Å². The molecule has 0 aliphatic carbocycles. The molecule has 0 saturated carbocycles. The number of hydrogen-bond donors (Lipinski definition) is 3. The summed E-state index contributed by atoms with van der Waals surface area (Å²) in [7, 11) is 0. The Morgan fingerprint density at radius 1 is 1.47 bits per heavy atom. The van der Waals surface area contributed by atoms with E-state index in [1.165, 1.54) is 6.07 Å². The molecule has 2 aromatic rings. The Hall–Kier alpha value is -1.88. The number of para-hydroxylation sites is 1. The predicted molar refractivity (Wildman–Crippen MR) is 63.2 cm³/mol. The molecule has 5 nitrogen and oxygen atoms in total. The molecule has 0 amide bonds. The van der Waals surface area contributed by atoms with Crippen LogP contribution in [-0.2, 0) is 5.41 Å². The van der Waals surface area contributed by atoms with Gasteiger partial charge in [-0.1, -0.05) is 19.9 Å². The second-order valence-electron chi connectivity index (χ2n) is 4.63. The van der Waals surface area contributed by atoms with Crippen LogP contribution in [0.25, 0.3) is 11.0 Å².